The summed E-state index contributed by atoms with van der Waals surface area (Å²) in [5, 5.41) is 14.1. The number of carboxylic acids is 1. The Morgan fingerprint density at radius 1 is 0.963 bits per heavy atom. The van der Waals surface area contributed by atoms with Gasteiger partial charge in [0.1, 0.15) is 0 Å². The third-order valence-electron chi connectivity index (χ3n) is 3.70. The van der Waals surface area contributed by atoms with Gasteiger partial charge in [-0.25, -0.2) is 4.79 Å². The van der Waals surface area contributed by atoms with Gasteiger partial charge in [-0.05, 0) is 61.9 Å². The lowest BCUT2D eigenvalue weighted by atomic mass is 10.2. The van der Waals surface area contributed by atoms with Crippen molar-refractivity contribution in [3.8, 4) is 0 Å². The van der Waals surface area contributed by atoms with E-state index in [2.05, 4.69) is 10.6 Å². The molecule has 0 heterocycles. The van der Waals surface area contributed by atoms with E-state index < -0.39 is 5.97 Å². The van der Waals surface area contributed by atoms with Crippen molar-refractivity contribution in [1.29, 1.82) is 0 Å². The largest absolute Gasteiger partial charge is 0.478 e. The SMILES string of the molecule is CCCC(=O)Nc1ccc(SC(C)C(=O)Nc2ccc(C(=O)O)cc2)cc1. The van der Waals surface area contributed by atoms with E-state index in [4.69, 9.17) is 5.11 Å². The van der Waals surface area contributed by atoms with Gasteiger partial charge in [0.2, 0.25) is 11.8 Å². The van der Waals surface area contributed by atoms with E-state index >= 15 is 0 Å². The molecule has 0 fully saturated rings. The number of nitrogens with one attached hydrogen (secondary N) is 2. The fraction of sp³-hybridized carbons (Fsp3) is 0.250. The Morgan fingerprint density at radius 3 is 2.07 bits per heavy atom. The highest BCUT2D eigenvalue weighted by atomic mass is 32.2. The number of hydrogen-bond acceptors (Lipinski definition) is 4. The average molecular weight is 386 g/mol. The minimum atomic E-state index is -1.01. The second-order valence-electron chi connectivity index (χ2n) is 5.95. The Bertz CT molecular complexity index is 804. The van der Waals surface area contributed by atoms with Gasteiger partial charge < -0.3 is 15.7 Å². The van der Waals surface area contributed by atoms with Crippen molar-refractivity contribution in [3.05, 3.63) is 54.1 Å². The summed E-state index contributed by atoms with van der Waals surface area (Å²) in [6.07, 6.45) is 1.28. The number of thioether (sulfide) groups is 1. The van der Waals surface area contributed by atoms with E-state index in [0.29, 0.717) is 12.1 Å². The first-order valence-electron chi connectivity index (χ1n) is 8.60. The van der Waals surface area contributed by atoms with E-state index in [1.165, 1.54) is 23.9 Å². The molecule has 7 heteroatoms. The Balaban J connectivity index is 1.89. The van der Waals surface area contributed by atoms with Gasteiger partial charge >= 0.3 is 5.97 Å². The first-order valence-corrected chi connectivity index (χ1v) is 9.47. The summed E-state index contributed by atoms with van der Waals surface area (Å²) >= 11 is 1.40. The van der Waals surface area contributed by atoms with Crippen LogP contribution >= 0.6 is 11.8 Å². The summed E-state index contributed by atoms with van der Waals surface area (Å²) in [5.74, 6) is -1.20. The van der Waals surface area contributed by atoms with Crippen LogP contribution in [-0.2, 0) is 9.59 Å². The second-order valence-corrected chi connectivity index (χ2v) is 7.37. The van der Waals surface area contributed by atoms with Crippen LogP contribution in [0.25, 0.3) is 0 Å². The molecule has 2 aromatic rings. The molecule has 27 heavy (non-hydrogen) atoms. The van der Waals surface area contributed by atoms with Crippen LogP contribution in [0.2, 0.25) is 0 Å². The molecule has 0 bridgehead atoms. The number of carboxylic acid groups (broad SMARTS) is 1. The molecule has 2 aromatic carbocycles. The predicted octanol–water partition coefficient (Wildman–Crippen LogP) is 4.24. The second kappa shape index (κ2) is 9.78. The van der Waals surface area contributed by atoms with Gasteiger partial charge in [-0.1, -0.05) is 6.92 Å². The van der Waals surface area contributed by atoms with Crippen LogP contribution < -0.4 is 10.6 Å². The normalized spacial score (nSPS) is 11.5. The lowest BCUT2D eigenvalue weighted by Gasteiger charge is -2.13. The zero-order valence-electron chi connectivity index (χ0n) is 15.2. The zero-order chi connectivity index (χ0) is 19.8. The molecule has 0 radical (unpaired) electrons. The number of aromatic carboxylic acids is 1. The van der Waals surface area contributed by atoms with Crippen LogP contribution in [0.1, 0.15) is 37.0 Å². The first-order chi connectivity index (χ1) is 12.9. The number of carbonyl (C=O) groups excluding carboxylic acids is 2. The van der Waals surface area contributed by atoms with Gasteiger partial charge in [-0.15, -0.1) is 11.8 Å². The van der Waals surface area contributed by atoms with Gasteiger partial charge in [0.15, 0.2) is 0 Å². The van der Waals surface area contributed by atoms with Crippen LogP contribution in [0.5, 0.6) is 0 Å². The Kier molecular flexibility index (Phi) is 7.43. The Labute approximate surface area is 162 Å². The smallest absolute Gasteiger partial charge is 0.335 e. The van der Waals surface area contributed by atoms with Gasteiger partial charge in [0.05, 0.1) is 10.8 Å². The molecule has 2 rings (SSSR count). The Morgan fingerprint density at radius 2 is 1.52 bits per heavy atom. The van der Waals surface area contributed by atoms with Gasteiger partial charge in [0, 0.05) is 22.7 Å². The van der Waals surface area contributed by atoms with Crippen molar-refractivity contribution in [2.45, 2.75) is 36.8 Å². The van der Waals surface area contributed by atoms with Crippen molar-refractivity contribution in [3.63, 3.8) is 0 Å². The van der Waals surface area contributed by atoms with Crippen molar-refractivity contribution >= 4 is 40.9 Å². The summed E-state index contributed by atoms with van der Waals surface area (Å²) in [6, 6.07) is 13.4. The zero-order valence-corrected chi connectivity index (χ0v) is 16.0. The third kappa shape index (κ3) is 6.45. The molecule has 0 saturated heterocycles. The molecule has 142 valence electrons. The van der Waals surface area contributed by atoms with Crippen LogP contribution in [0.4, 0.5) is 11.4 Å². The summed E-state index contributed by atoms with van der Waals surface area (Å²) in [6.45, 7) is 3.74. The Hall–Kier alpha value is -2.80. The molecule has 3 N–H and O–H groups in total. The van der Waals surface area contributed by atoms with Crippen molar-refractivity contribution in [1.82, 2.24) is 0 Å². The molecule has 0 aliphatic heterocycles. The number of amides is 2. The molecule has 0 aliphatic rings. The summed E-state index contributed by atoms with van der Waals surface area (Å²) in [4.78, 5) is 35.7. The lowest BCUT2D eigenvalue weighted by Crippen LogP contribution is -2.22. The van der Waals surface area contributed by atoms with Crippen LogP contribution in [0.3, 0.4) is 0 Å². The van der Waals surface area contributed by atoms with Crippen LogP contribution in [0, 0.1) is 0 Å². The summed E-state index contributed by atoms with van der Waals surface area (Å²) < 4.78 is 0. The van der Waals surface area contributed by atoms with Crippen molar-refractivity contribution in [2.24, 2.45) is 0 Å². The molecular weight excluding hydrogens is 364 g/mol. The molecular formula is C20H22N2O4S. The van der Waals surface area contributed by atoms with Crippen molar-refractivity contribution in [2.75, 3.05) is 10.6 Å². The van der Waals surface area contributed by atoms with Gasteiger partial charge in [0.25, 0.3) is 0 Å². The maximum absolute atomic E-state index is 12.3. The van der Waals surface area contributed by atoms with E-state index in [1.807, 2.05) is 31.2 Å². The van der Waals surface area contributed by atoms with E-state index in [9.17, 15) is 14.4 Å². The standard InChI is InChI=1S/C20H22N2O4S/c1-3-4-18(23)21-15-9-11-17(12-10-15)27-13(2)19(24)22-16-7-5-14(6-8-16)20(25)26/h5-13H,3-4H2,1-2H3,(H,21,23)(H,22,24)(H,25,26). The van der Waals surface area contributed by atoms with E-state index in [0.717, 1.165) is 17.0 Å². The maximum atomic E-state index is 12.3. The van der Waals surface area contributed by atoms with E-state index in [1.54, 1.807) is 19.1 Å². The summed E-state index contributed by atoms with van der Waals surface area (Å²) in [5.41, 5.74) is 1.45. The first kappa shape index (κ1) is 20.5. The third-order valence-corrected chi connectivity index (χ3v) is 4.81. The molecule has 6 nitrogen and oxygen atoms in total. The quantitative estimate of drug-likeness (QED) is 0.590. The molecule has 0 aliphatic carbocycles. The molecule has 1 atom stereocenters. The highest BCUT2D eigenvalue weighted by Gasteiger charge is 2.15. The monoisotopic (exact) mass is 386 g/mol. The molecule has 0 aromatic heterocycles. The number of carbonyl (C=O) groups is 3. The molecule has 0 spiro atoms. The number of anilines is 2. The van der Waals surface area contributed by atoms with Gasteiger partial charge in [-0.2, -0.15) is 0 Å². The minimum absolute atomic E-state index is 0.0143. The summed E-state index contributed by atoms with van der Waals surface area (Å²) in [7, 11) is 0. The fourth-order valence-electron chi connectivity index (χ4n) is 2.27. The van der Waals surface area contributed by atoms with E-state index in [-0.39, 0.29) is 22.6 Å². The number of hydrogen-bond donors (Lipinski definition) is 3. The van der Waals surface area contributed by atoms with Crippen molar-refractivity contribution < 1.29 is 19.5 Å². The number of benzene rings is 2. The topological polar surface area (TPSA) is 95.5 Å². The van der Waals surface area contributed by atoms with Gasteiger partial charge in [-0.3, -0.25) is 9.59 Å². The van der Waals surface area contributed by atoms with Crippen LogP contribution in [0.15, 0.2) is 53.4 Å². The molecule has 1 unspecified atom stereocenters. The molecule has 0 saturated carbocycles. The minimum Gasteiger partial charge on any atom is -0.478 e. The predicted molar refractivity (Wildman–Crippen MR) is 107 cm³/mol. The van der Waals surface area contributed by atoms with Crippen LogP contribution in [-0.4, -0.2) is 28.1 Å². The highest BCUT2D eigenvalue weighted by molar-refractivity contribution is 8.00. The molecule has 2 amide bonds. The highest BCUT2D eigenvalue weighted by Crippen LogP contribution is 2.25. The fourth-order valence-corrected chi connectivity index (χ4v) is 3.13. The lowest BCUT2D eigenvalue weighted by molar-refractivity contribution is -0.116. The number of rotatable bonds is 8. The maximum Gasteiger partial charge on any atom is 0.335 e. The average Bonchev–Trinajstić information content (AvgIpc) is 2.64.